The summed E-state index contributed by atoms with van der Waals surface area (Å²) in [7, 11) is 0. The van der Waals surface area contributed by atoms with Crippen molar-refractivity contribution in [3.63, 3.8) is 0 Å². The van der Waals surface area contributed by atoms with Crippen molar-refractivity contribution in [3.8, 4) is 28.0 Å². The molecule has 0 fully saturated rings. The number of hydrogen-bond acceptors (Lipinski definition) is 2. The largest absolute Gasteiger partial charge is 0.432 e. The quantitative estimate of drug-likeness (QED) is 0.0772. The monoisotopic (exact) mass is 633 g/mol. The standard InChI is InChI=1S/C34H24F9NO/c1-3-5-7-18(6-4-2)33(44)21-15-27(37)31(28(38)16-21)34(42,43)45-22-9-11-23(26(36)17-22)19-8-10-24(25(35)12-19)20-13-29(39)32(41)30(40)14-20/h3-4,6,8-17,33H,1-2,5,7,44H2/b18-6-. The molecule has 11 heteroatoms. The average molecular weight is 634 g/mol. The summed E-state index contributed by atoms with van der Waals surface area (Å²) in [4.78, 5) is 0. The third kappa shape index (κ3) is 7.15. The van der Waals surface area contributed by atoms with Crippen molar-refractivity contribution < 1.29 is 44.3 Å². The van der Waals surface area contributed by atoms with Crippen LogP contribution in [-0.2, 0) is 6.11 Å². The fourth-order valence-electron chi connectivity index (χ4n) is 4.65. The predicted octanol–water partition coefficient (Wildman–Crippen LogP) is 10.2. The minimum absolute atomic E-state index is 0.0999. The average Bonchev–Trinajstić information content (AvgIpc) is 2.96. The van der Waals surface area contributed by atoms with Crippen LogP contribution in [0.1, 0.15) is 30.0 Å². The van der Waals surface area contributed by atoms with Crippen LogP contribution in [0.15, 0.2) is 97.6 Å². The molecule has 0 radical (unpaired) electrons. The van der Waals surface area contributed by atoms with E-state index in [4.69, 9.17) is 5.73 Å². The maximum atomic E-state index is 15.0. The maximum Gasteiger partial charge on any atom is 0.432 e. The van der Waals surface area contributed by atoms with E-state index in [9.17, 15) is 30.7 Å². The van der Waals surface area contributed by atoms with Crippen LogP contribution in [0.2, 0.25) is 0 Å². The molecule has 4 rings (SSSR count). The van der Waals surface area contributed by atoms with Crippen molar-refractivity contribution in [3.05, 3.63) is 149 Å². The zero-order valence-electron chi connectivity index (χ0n) is 23.3. The first-order valence-electron chi connectivity index (χ1n) is 13.3. The van der Waals surface area contributed by atoms with E-state index in [0.29, 0.717) is 48.7 Å². The van der Waals surface area contributed by atoms with E-state index in [0.717, 1.165) is 24.3 Å². The third-order valence-electron chi connectivity index (χ3n) is 6.84. The van der Waals surface area contributed by atoms with Gasteiger partial charge in [0.05, 0.1) is 6.04 Å². The Kier molecular flexibility index (Phi) is 9.92. The molecule has 0 heterocycles. The van der Waals surface area contributed by atoms with Gasteiger partial charge in [0.15, 0.2) is 17.5 Å². The molecule has 45 heavy (non-hydrogen) atoms. The van der Waals surface area contributed by atoms with Gasteiger partial charge in [0, 0.05) is 17.2 Å². The predicted molar refractivity (Wildman–Crippen MR) is 153 cm³/mol. The van der Waals surface area contributed by atoms with Crippen molar-refractivity contribution in [2.24, 2.45) is 5.73 Å². The molecule has 0 amide bonds. The first kappa shape index (κ1) is 33.1. The summed E-state index contributed by atoms with van der Waals surface area (Å²) in [6, 6.07) is 6.82. The minimum Gasteiger partial charge on any atom is -0.429 e. The van der Waals surface area contributed by atoms with Gasteiger partial charge in [-0.1, -0.05) is 36.9 Å². The van der Waals surface area contributed by atoms with Gasteiger partial charge in [-0.3, -0.25) is 0 Å². The number of nitrogens with two attached hydrogens (primary N) is 1. The summed E-state index contributed by atoms with van der Waals surface area (Å²) in [6.45, 7) is 7.16. The number of benzene rings is 4. The van der Waals surface area contributed by atoms with Gasteiger partial charge in [-0.05, 0) is 77.6 Å². The zero-order valence-corrected chi connectivity index (χ0v) is 23.3. The second-order valence-corrected chi connectivity index (χ2v) is 9.85. The topological polar surface area (TPSA) is 35.2 Å². The van der Waals surface area contributed by atoms with Gasteiger partial charge in [0.2, 0.25) is 0 Å². The Labute approximate surface area is 252 Å². The summed E-state index contributed by atoms with van der Waals surface area (Å²) in [5.74, 6) is -11.1. The molecule has 0 spiro atoms. The van der Waals surface area contributed by atoms with Gasteiger partial charge in [-0.2, -0.15) is 8.78 Å². The number of rotatable bonds is 11. The van der Waals surface area contributed by atoms with E-state index >= 15 is 8.78 Å². The Morgan fingerprint density at radius 3 is 1.84 bits per heavy atom. The first-order chi connectivity index (χ1) is 21.3. The lowest BCUT2D eigenvalue weighted by Crippen LogP contribution is -2.26. The highest BCUT2D eigenvalue weighted by atomic mass is 19.3. The third-order valence-corrected chi connectivity index (χ3v) is 6.84. The summed E-state index contributed by atoms with van der Waals surface area (Å²) in [5.41, 5.74) is 3.77. The normalized spacial score (nSPS) is 12.6. The van der Waals surface area contributed by atoms with Gasteiger partial charge in [0.1, 0.15) is 34.6 Å². The number of alkyl halides is 2. The van der Waals surface area contributed by atoms with Crippen LogP contribution in [-0.4, -0.2) is 0 Å². The van der Waals surface area contributed by atoms with Gasteiger partial charge < -0.3 is 10.5 Å². The molecule has 1 unspecified atom stereocenters. The lowest BCUT2D eigenvalue weighted by atomic mass is 9.94. The molecule has 0 saturated carbocycles. The van der Waals surface area contributed by atoms with Crippen LogP contribution in [0.25, 0.3) is 22.3 Å². The van der Waals surface area contributed by atoms with Gasteiger partial charge >= 0.3 is 6.11 Å². The fourth-order valence-corrected chi connectivity index (χ4v) is 4.65. The molecule has 0 aromatic heterocycles. The second kappa shape index (κ2) is 13.5. The van der Waals surface area contributed by atoms with E-state index in [1.807, 2.05) is 0 Å². The van der Waals surface area contributed by atoms with E-state index in [1.54, 1.807) is 12.2 Å². The van der Waals surface area contributed by atoms with Crippen molar-refractivity contribution in [2.45, 2.75) is 25.0 Å². The fraction of sp³-hybridized carbons (Fsp3) is 0.118. The molecule has 2 N–H and O–H groups in total. The van der Waals surface area contributed by atoms with Gasteiger partial charge in [0.25, 0.3) is 0 Å². The molecule has 1 atom stereocenters. The van der Waals surface area contributed by atoms with E-state index < -0.39 is 64.2 Å². The van der Waals surface area contributed by atoms with E-state index in [-0.39, 0.29) is 27.8 Å². The van der Waals surface area contributed by atoms with Crippen LogP contribution in [0.5, 0.6) is 5.75 Å². The second-order valence-electron chi connectivity index (χ2n) is 9.85. The van der Waals surface area contributed by atoms with Crippen molar-refractivity contribution >= 4 is 0 Å². The highest BCUT2D eigenvalue weighted by Gasteiger charge is 2.41. The van der Waals surface area contributed by atoms with E-state index in [1.165, 1.54) is 12.1 Å². The molecule has 0 aliphatic carbocycles. The summed E-state index contributed by atoms with van der Waals surface area (Å²) >= 11 is 0. The van der Waals surface area contributed by atoms with Gasteiger partial charge in [-0.25, -0.2) is 30.7 Å². The molecule has 0 saturated heterocycles. The zero-order chi connectivity index (χ0) is 33.1. The van der Waals surface area contributed by atoms with Crippen LogP contribution >= 0.6 is 0 Å². The van der Waals surface area contributed by atoms with Crippen LogP contribution in [0.3, 0.4) is 0 Å². The number of allylic oxidation sites excluding steroid dienone is 3. The summed E-state index contributed by atoms with van der Waals surface area (Å²) in [6.07, 6.45) is 0.864. The SMILES string of the molecule is C=C/C=C(/CCC=C)C(N)c1cc(F)c(C(F)(F)Oc2ccc(-c3ccc(-c4cc(F)c(F)c(F)c4)c(F)c3)c(F)c2)c(F)c1. The molecule has 2 nitrogen and oxygen atoms in total. The molecule has 0 bridgehead atoms. The lowest BCUT2D eigenvalue weighted by molar-refractivity contribution is -0.189. The van der Waals surface area contributed by atoms with Crippen LogP contribution in [0.4, 0.5) is 39.5 Å². The van der Waals surface area contributed by atoms with Crippen LogP contribution in [0, 0.1) is 40.7 Å². The first-order valence-corrected chi connectivity index (χ1v) is 13.3. The Bertz CT molecular complexity index is 1750. The molecular formula is C34H24F9NO. The van der Waals surface area contributed by atoms with Crippen molar-refractivity contribution in [2.75, 3.05) is 0 Å². The molecule has 4 aromatic carbocycles. The lowest BCUT2D eigenvalue weighted by Gasteiger charge is -2.22. The van der Waals surface area contributed by atoms with Crippen molar-refractivity contribution in [1.82, 2.24) is 0 Å². The summed E-state index contributed by atoms with van der Waals surface area (Å²) < 4.78 is 135. The number of halogens is 9. The molecule has 0 aliphatic rings. The molecule has 0 aliphatic heterocycles. The highest BCUT2D eigenvalue weighted by molar-refractivity contribution is 5.72. The molecular weight excluding hydrogens is 609 g/mol. The number of ether oxygens (including phenoxy) is 1. The minimum atomic E-state index is -4.60. The number of hydrogen-bond donors (Lipinski definition) is 1. The maximum absolute atomic E-state index is 15.0. The Hall–Kier alpha value is -4.77. The summed E-state index contributed by atoms with van der Waals surface area (Å²) in [5, 5.41) is 0. The van der Waals surface area contributed by atoms with Crippen LogP contribution < -0.4 is 10.5 Å². The Morgan fingerprint density at radius 1 is 0.733 bits per heavy atom. The van der Waals surface area contributed by atoms with Crippen molar-refractivity contribution in [1.29, 1.82) is 0 Å². The Balaban J connectivity index is 1.58. The van der Waals surface area contributed by atoms with E-state index in [2.05, 4.69) is 17.9 Å². The highest BCUT2D eigenvalue weighted by Crippen LogP contribution is 2.38. The Morgan fingerprint density at radius 2 is 1.29 bits per heavy atom. The molecule has 234 valence electrons. The smallest absolute Gasteiger partial charge is 0.429 e. The molecule has 4 aromatic rings. The van der Waals surface area contributed by atoms with Gasteiger partial charge in [-0.15, -0.1) is 6.58 Å².